The largest absolute Gasteiger partial charge is 2.00 e. The standard InChI is InChI=1S/2C3H8O3S.Mn/c2*1-2-3-7(4,5)6;/h2*2-3H2,1H3,(H,4,5,6);/q;;+2/p-2. The van der Waals surface area contributed by atoms with E-state index in [0.717, 1.165) is 0 Å². The fraction of sp³-hybridized carbons (Fsp3) is 1.00. The summed E-state index contributed by atoms with van der Waals surface area (Å²) in [5.41, 5.74) is 0. The minimum absolute atomic E-state index is 0. The van der Waals surface area contributed by atoms with Gasteiger partial charge in [-0.05, 0) is 12.8 Å². The average molecular weight is 301 g/mol. The minimum Gasteiger partial charge on any atom is -0.748 e. The molecular weight excluding hydrogens is 287 g/mol. The van der Waals surface area contributed by atoms with Crippen molar-refractivity contribution >= 4 is 20.2 Å². The molecule has 0 aromatic rings. The Kier molecular flexibility index (Phi) is 13.2. The summed E-state index contributed by atoms with van der Waals surface area (Å²) in [7, 11) is -7.85. The minimum atomic E-state index is -3.92. The first-order valence-corrected chi connectivity index (χ1v) is 7.15. The van der Waals surface area contributed by atoms with E-state index in [1.54, 1.807) is 13.8 Å². The molecule has 0 saturated carbocycles. The zero-order chi connectivity index (χ0) is 11.8. The topological polar surface area (TPSA) is 114 Å². The van der Waals surface area contributed by atoms with Gasteiger partial charge < -0.3 is 9.11 Å². The van der Waals surface area contributed by atoms with E-state index in [1.165, 1.54) is 0 Å². The molecule has 0 heterocycles. The molecular formula is C6H14MnO6S2. The molecule has 6 nitrogen and oxygen atoms in total. The Balaban J connectivity index is -0.000000180. The second-order valence-electron chi connectivity index (χ2n) is 2.52. The molecule has 93 valence electrons. The summed E-state index contributed by atoms with van der Waals surface area (Å²) in [6.07, 6.45) is 0.817. The van der Waals surface area contributed by atoms with E-state index >= 15 is 0 Å². The molecule has 0 spiro atoms. The molecule has 0 aromatic carbocycles. The van der Waals surface area contributed by atoms with Gasteiger partial charge in [0, 0.05) is 11.5 Å². The second-order valence-corrected chi connectivity index (χ2v) is 5.57. The molecule has 1 radical (unpaired) electrons. The van der Waals surface area contributed by atoms with Gasteiger partial charge in [-0.15, -0.1) is 0 Å². The van der Waals surface area contributed by atoms with Crippen molar-refractivity contribution in [2.75, 3.05) is 11.5 Å². The van der Waals surface area contributed by atoms with Crippen LogP contribution in [0.2, 0.25) is 0 Å². The summed E-state index contributed by atoms with van der Waals surface area (Å²) in [5, 5.41) is 0. The molecule has 0 aliphatic rings. The van der Waals surface area contributed by atoms with Crippen molar-refractivity contribution in [2.45, 2.75) is 26.7 Å². The molecule has 9 heteroatoms. The number of hydrogen-bond acceptors (Lipinski definition) is 6. The molecule has 0 aromatic heterocycles. The molecule has 0 rings (SSSR count). The molecule has 0 amide bonds. The van der Waals surface area contributed by atoms with Gasteiger partial charge in [0.1, 0.15) is 0 Å². The first-order chi connectivity index (χ1) is 6.12. The summed E-state index contributed by atoms with van der Waals surface area (Å²) < 4.78 is 58.1. The molecule has 0 N–H and O–H groups in total. The zero-order valence-electron chi connectivity index (χ0n) is 8.47. The Morgan fingerprint density at radius 3 is 1.00 bits per heavy atom. The molecule has 0 aliphatic heterocycles. The summed E-state index contributed by atoms with van der Waals surface area (Å²) in [4.78, 5) is 0. The summed E-state index contributed by atoms with van der Waals surface area (Å²) in [5.74, 6) is -0.486. The van der Waals surface area contributed by atoms with Crippen molar-refractivity contribution in [1.29, 1.82) is 0 Å². The SMILES string of the molecule is CCCS(=O)(=O)[O-].CCCS(=O)(=O)[O-].[Mn+2]. The maximum absolute atomic E-state index is 9.68. The van der Waals surface area contributed by atoms with Crippen molar-refractivity contribution in [3.63, 3.8) is 0 Å². The first kappa shape index (κ1) is 20.7. The summed E-state index contributed by atoms with van der Waals surface area (Å²) >= 11 is 0. The van der Waals surface area contributed by atoms with E-state index < -0.39 is 20.2 Å². The van der Waals surface area contributed by atoms with E-state index in [-0.39, 0.29) is 28.6 Å². The van der Waals surface area contributed by atoms with Crippen molar-refractivity contribution < 1.29 is 43.0 Å². The van der Waals surface area contributed by atoms with Crippen LogP contribution in [0.5, 0.6) is 0 Å². The third-order valence-corrected chi connectivity index (χ3v) is 2.72. The molecule has 15 heavy (non-hydrogen) atoms. The third kappa shape index (κ3) is 31.4. The van der Waals surface area contributed by atoms with Gasteiger partial charge in [0.25, 0.3) is 0 Å². The van der Waals surface area contributed by atoms with Crippen LogP contribution in [0.15, 0.2) is 0 Å². The molecule has 0 atom stereocenters. The normalized spacial score (nSPS) is 10.9. The van der Waals surface area contributed by atoms with Gasteiger partial charge in [0.05, 0.1) is 20.2 Å². The van der Waals surface area contributed by atoms with Gasteiger partial charge in [-0.1, -0.05) is 13.8 Å². The fourth-order valence-corrected chi connectivity index (χ4v) is 1.50. The smallest absolute Gasteiger partial charge is 0.748 e. The molecule has 0 saturated heterocycles. The molecule has 0 aliphatic carbocycles. The van der Waals surface area contributed by atoms with Gasteiger partial charge in [0.2, 0.25) is 0 Å². The van der Waals surface area contributed by atoms with Crippen LogP contribution in [-0.2, 0) is 37.3 Å². The van der Waals surface area contributed by atoms with Crippen LogP contribution in [0, 0.1) is 0 Å². The van der Waals surface area contributed by atoms with E-state index in [1.807, 2.05) is 0 Å². The van der Waals surface area contributed by atoms with Crippen molar-refractivity contribution in [3.05, 3.63) is 0 Å². The van der Waals surface area contributed by atoms with E-state index in [4.69, 9.17) is 0 Å². The van der Waals surface area contributed by atoms with Gasteiger partial charge in [-0.3, -0.25) is 0 Å². The number of rotatable bonds is 4. The predicted octanol–water partition coefficient (Wildman–Crippen LogP) is -0.119. The molecule has 0 unspecified atom stereocenters. The van der Waals surface area contributed by atoms with Crippen LogP contribution in [0.3, 0.4) is 0 Å². The van der Waals surface area contributed by atoms with Crippen LogP contribution in [0.1, 0.15) is 26.7 Å². The Hall–Kier alpha value is 0.339. The van der Waals surface area contributed by atoms with Gasteiger partial charge in [-0.2, -0.15) is 0 Å². The Morgan fingerprint density at radius 2 is 1.00 bits per heavy atom. The maximum Gasteiger partial charge on any atom is 2.00 e. The quantitative estimate of drug-likeness (QED) is 0.528. The monoisotopic (exact) mass is 301 g/mol. The van der Waals surface area contributed by atoms with E-state index in [0.29, 0.717) is 12.8 Å². The van der Waals surface area contributed by atoms with Crippen molar-refractivity contribution in [3.8, 4) is 0 Å². The fourth-order valence-electron chi connectivity index (χ4n) is 0.500. The maximum atomic E-state index is 9.68. The van der Waals surface area contributed by atoms with Crippen LogP contribution < -0.4 is 0 Å². The van der Waals surface area contributed by atoms with Crippen molar-refractivity contribution in [2.24, 2.45) is 0 Å². The summed E-state index contributed by atoms with van der Waals surface area (Å²) in [6.45, 7) is 3.30. The third-order valence-electron chi connectivity index (χ3n) is 0.908. The Morgan fingerprint density at radius 1 is 0.800 bits per heavy atom. The molecule has 0 fully saturated rings. The van der Waals surface area contributed by atoms with Crippen molar-refractivity contribution in [1.82, 2.24) is 0 Å². The van der Waals surface area contributed by atoms with Gasteiger partial charge in [-0.25, -0.2) is 16.8 Å². The predicted molar refractivity (Wildman–Crippen MR) is 49.7 cm³/mol. The Bertz CT molecular complexity index is 286. The van der Waals surface area contributed by atoms with Crippen LogP contribution >= 0.6 is 0 Å². The zero-order valence-corrected chi connectivity index (χ0v) is 11.3. The summed E-state index contributed by atoms with van der Waals surface area (Å²) in [6, 6.07) is 0. The Labute approximate surface area is 101 Å². The van der Waals surface area contributed by atoms with E-state index in [9.17, 15) is 25.9 Å². The average Bonchev–Trinajstić information content (AvgIpc) is 1.81. The van der Waals surface area contributed by atoms with Crippen LogP contribution in [-0.4, -0.2) is 37.4 Å². The van der Waals surface area contributed by atoms with Gasteiger partial charge >= 0.3 is 17.1 Å². The van der Waals surface area contributed by atoms with Crippen LogP contribution in [0.25, 0.3) is 0 Å². The number of hydrogen-bond donors (Lipinski definition) is 0. The van der Waals surface area contributed by atoms with Gasteiger partial charge in [0.15, 0.2) is 0 Å². The van der Waals surface area contributed by atoms with E-state index in [2.05, 4.69) is 0 Å². The van der Waals surface area contributed by atoms with Crippen LogP contribution in [0.4, 0.5) is 0 Å². The first-order valence-electron chi connectivity index (χ1n) is 3.99. The molecule has 0 bridgehead atoms. The second kappa shape index (κ2) is 9.56.